The van der Waals surface area contributed by atoms with Gasteiger partial charge >= 0.3 is 0 Å². The van der Waals surface area contributed by atoms with Gasteiger partial charge < -0.3 is 19.7 Å². The molecule has 0 aromatic heterocycles. The fraction of sp³-hybridized carbons (Fsp3) is 0.632. The molecule has 1 aliphatic heterocycles. The summed E-state index contributed by atoms with van der Waals surface area (Å²) in [5, 5.41) is 3.50. The SMILES string of the molecule is CN=C(NCc1cccc(OC)c1OC)N1CCC2(CCCC2)C1.I. The third kappa shape index (κ3) is 4.33. The number of hydrogen-bond acceptors (Lipinski definition) is 3. The minimum absolute atomic E-state index is 0. The molecule has 0 atom stereocenters. The van der Waals surface area contributed by atoms with Crippen molar-refractivity contribution >= 4 is 29.9 Å². The molecule has 25 heavy (non-hydrogen) atoms. The molecule has 2 aliphatic rings. The molecule has 0 unspecified atom stereocenters. The van der Waals surface area contributed by atoms with Gasteiger partial charge in [0.2, 0.25) is 0 Å². The van der Waals surface area contributed by atoms with Crippen molar-refractivity contribution in [1.29, 1.82) is 0 Å². The number of benzene rings is 1. The van der Waals surface area contributed by atoms with Crippen LogP contribution < -0.4 is 14.8 Å². The number of methoxy groups -OCH3 is 2. The number of ether oxygens (including phenoxy) is 2. The fourth-order valence-corrected chi connectivity index (χ4v) is 4.25. The molecular formula is C19H30IN3O2. The topological polar surface area (TPSA) is 46.1 Å². The molecule has 0 bridgehead atoms. The van der Waals surface area contributed by atoms with E-state index in [1.807, 2.05) is 19.2 Å². The van der Waals surface area contributed by atoms with Gasteiger partial charge in [0.15, 0.2) is 17.5 Å². The van der Waals surface area contributed by atoms with E-state index in [1.165, 1.54) is 32.1 Å². The van der Waals surface area contributed by atoms with Crippen molar-refractivity contribution in [3.63, 3.8) is 0 Å². The predicted octanol–water partition coefficient (Wildman–Crippen LogP) is 3.66. The summed E-state index contributed by atoms with van der Waals surface area (Å²) in [7, 11) is 5.21. The van der Waals surface area contributed by atoms with E-state index in [0.29, 0.717) is 12.0 Å². The second-order valence-corrected chi connectivity index (χ2v) is 6.93. The Morgan fingerprint density at radius 2 is 1.96 bits per heavy atom. The van der Waals surface area contributed by atoms with Crippen LogP contribution in [0.2, 0.25) is 0 Å². The van der Waals surface area contributed by atoms with Gasteiger partial charge in [-0.15, -0.1) is 24.0 Å². The Morgan fingerprint density at radius 3 is 2.60 bits per heavy atom. The van der Waals surface area contributed by atoms with E-state index in [0.717, 1.165) is 36.1 Å². The van der Waals surface area contributed by atoms with Crippen LogP contribution in [0, 0.1) is 5.41 Å². The summed E-state index contributed by atoms with van der Waals surface area (Å²) in [5.74, 6) is 2.54. The number of nitrogens with one attached hydrogen (secondary N) is 1. The standard InChI is InChI=1S/C19H29N3O2.HI/c1-20-18(22-12-11-19(14-22)9-4-5-10-19)21-13-15-7-6-8-16(23-2)17(15)24-3;/h6-8H,4-5,9-14H2,1-3H3,(H,20,21);1H. The van der Waals surface area contributed by atoms with E-state index in [-0.39, 0.29) is 24.0 Å². The highest BCUT2D eigenvalue weighted by Gasteiger charge is 2.41. The molecule has 1 aromatic rings. The highest BCUT2D eigenvalue weighted by Crippen LogP contribution is 2.45. The first kappa shape index (κ1) is 20.1. The second-order valence-electron chi connectivity index (χ2n) is 6.93. The first-order chi connectivity index (χ1) is 11.7. The van der Waals surface area contributed by atoms with Gasteiger partial charge in [-0.2, -0.15) is 0 Å². The van der Waals surface area contributed by atoms with Crippen molar-refractivity contribution in [2.75, 3.05) is 34.4 Å². The lowest BCUT2D eigenvalue weighted by molar-refractivity contribution is 0.309. The van der Waals surface area contributed by atoms with Gasteiger partial charge in [0.05, 0.1) is 14.2 Å². The Morgan fingerprint density at radius 1 is 1.20 bits per heavy atom. The number of guanidine groups is 1. The van der Waals surface area contributed by atoms with Crippen LogP contribution >= 0.6 is 24.0 Å². The van der Waals surface area contributed by atoms with Crippen molar-refractivity contribution < 1.29 is 9.47 Å². The Kier molecular flexibility index (Phi) is 7.22. The number of hydrogen-bond donors (Lipinski definition) is 1. The molecule has 3 rings (SSSR count). The van der Waals surface area contributed by atoms with E-state index in [4.69, 9.17) is 9.47 Å². The summed E-state index contributed by atoms with van der Waals surface area (Å²) in [4.78, 5) is 6.91. The number of halogens is 1. The Bertz CT molecular complexity index is 600. The smallest absolute Gasteiger partial charge is 0.193 e. The van der Waals surface area contributed by atoms with Crippen molar-refractivity contribution in [1.82, 2.24) is 10.2 Å². The molecule has 0 amide bonds. The fourth-order valence-electron chi connectivity index (χ4n) is 4.25. The zero-order valence-electron chi connectivity index (χ0n) is 15.5. The average molecular weight is 459 g/mol. The maximum Gasteiger partial charge on any atom is 0.193 e. The van der Waals surface area contributed by atoms with Crippen LogP contribution in [-0.2, 0) is 6.54 Å². The van der Waals surface area contributed by atoms with E-state index in [2.05, 4.69) is 21.3 Å². The van der Waals surface area contributed by atoms with Crippen LogP contribution in [0.4, 0.5) is 0 Å². The van der Waals surface area contributed by atoms with Gasteiger partial charge in [0.25, 0.3) is 0 Å². The van der Waals surface area contributed by atoms with Gasteiger partial charge in [-0.05, 0) is 30.7 Å². The van der Waals surface area contributed by atoms with Crippen LogP contribution in [0.15, 0.2) is 23.2 Å². The monoisotopic (exact) mass is 459 g/mol. The highest BCUT2D eigenvalue weighted by molar-refractivity contribution is 14.0. The quantitative estimate of drug-likeness (QED) is 0.424. The molecule has 1 saturated heterocycles. The molecule has 2 fully saturated rings. The summed E-state index contributed by atoms with van der Waals surface area (Å²) in [6.45, 7) is 2.92. The minimum atomic E-state index is 0. The van der Waals surface area contributed by atoms with Gasteiger partial charge in [-0.1, -0.05) is 25.0 Å². The highest BCUT2D eigenvalue weighted by atomic mass is 127. The van der Waals surface area contributed by atoms with Crippen molar-refractivity contribution in [3.05, 3.63) is 23.8 Å². The van der Waals surface area contributed by atoms with Gasteiger partial charge in [-0.3, -0.25) is 4.99 Å². The van der Waals surface area contributed by atoms with E-state index in [1.54, 1.807) is 14.2 Å². The van der Waals surface area contributed by atoms with Gasteiger partial charge in [-0.25, -0.2) is 0 Å². The lowest BCUT2D eigenvalue weighted by Gasteiger charge is -2.26. The third-order valence-corrected chi connectivity index (χ3v) is 5.54. The molecule has 1 saturated carbocycles. The minimum Gasteiger partial charge on any atom is -0.493 e. The van der Waals surface area contributed by atoms with Gasteiger partial charge in [0.1, 0.15) is 0 Å². The Labute approximate surface area is 168 Å². The molecule has 140 valence electrons. The molecule has 1 aliphatic carbocycles. The summed E-state index contributed by atoms with van der Waals surface area (Å²) < 4.78 is 10.9. The van der Waals surface area contributed by atoms with Crippen LogP contribution in [0.5, 0.6) is 11.5 Å². The summed E-state index contributed by atoms with van der Waals surface area (Å²) in [5.41, 5.74) is 1.62. The summed E-state index contributed by atoms with van der Waals surface area (Å²) in [6, 6.07) is 5.97. The molecule has 6 heteroatoms. The number of aliphatic imine (C=N–C) groups is 1. The number of rotatable bonds is 4. The number of para-hydroxylation sites is 1. The van der Waals surface area contributed by atoms with Crippen molar-refractivity contribution in [2.24, 2.45) is 10.4 Å². The molecule has 1 N–H and O–H groups in total. The van der Waals surface area contributed by atoms with E-state index >= 15 is 0 Å². The zero-order valence-corrected chi connectivity index (χ0v) is 17.8. The molecule has 1 heterocycles. The van der Waals surface area contributed by atoms with Crippen LogP contribution in [-0.4, -0.2) is 45.2 Å². The second kappa shape index (κ2) is 8.96. The normalized spacial score (nSPS) is 19.0. The number of likely N-dealkylation sites (tertiary alicyclic amines) is 1. The first-order valence-corrected chi connectivity index (χ1v) is 8.87. The predicted molar refractivity (Wildman–Crippen MR) is 112 cm³/mol. The molecule has 0 radical (unpaired) electrons. The zero-order chi connectivity index (χ0) is 17.0. The average Bonchev–Trinajstić information content (AvgIpc) is 3.25. The van der Waals surface area contributed by atoms with Crippen molar-refractivity contribution in [2.45, 2.75) is 38.6 Å². The largest absolute Gasteiger partial charge is 0.493 e. The van der Waals surface area contributed by atoms with Crippen LogP contribution in [0.25, 0.3) is 0 Å². The number of nitrogens with zero attached hydrogens (tertiary/aromatic N) is 2. The molecule has 1 aromatic carbocycles. The maximum absolute atomic E-state index is 5.52. The van der Waals surface area contributed by atoms with E-state index in [9.17, 15) is 0 Å². The lowest BCUT2D eigenvalue weighted by Crippen LogP contribution is -2.40. The summed E-state index contributed by atoms with van der Waals surface area (Å²) >= 11 is 0. The Balaban J connectivity index is 0.00000225. The Hall–Kier alpha value is -1.18. The molecule has 1 spiro atoms. The van der Waals surface area contributed by atoms with Gasteiger partial charge in [0, 0.05) is 32.2 Å². The van der Waals surface area contributed by atoms with Crippen molar-refractivity contribution in [3.8, 4) is 11.5 Å². The molecule has 5 nitrogen and oxygen atoms in total. The first-order valence-electron chi connectivity index (χ1n) is 8.87. The van der Waals surface area contributed by atoms with Crippen LogP contribution in [0.3, 0.4) is 0 Å². The molecular weight excluding hydrogens is 429 g/mol. The lowest BCUT2D eigenvalue weighted by atomic mass is 9.86. The third-order valence-electron chi connectivity index (χ3n) is 5.54. The van der Waals surface area contributed by atoms with E-state index < -0.39 is 0 Å². The van der Waals surface area contributed by atoms with Crippen LogP contribution in [0.1, 0.15) is 37.7 Å². The summed E-state index contributed by atoms with van der Waals surface area (Å²) in [6.07, 6.45) is 6.84. The maximum atomic E-state index is 5.52.